The molecule has 0 radical (unpaired) electrons. The van der Waals surface area contributed by atoms with Crippen molar-refractivity contribution in [3.05, 3.63) is 36.0 Å². The number of carbonyl (C=O) groups is 1. The summed E-state index contributed by atoms with van der Waals surface area (Å²) < 4.78 is 0. The van der Waals surface area contributed by atoms with E-state index in [4.69, 9.17) is 0 Å². The van der Waals surface area contributed by atoms with Crippen molar-refractivity contribution < 1.29 is 9.90 Å². The molecule has 1 aliphatic rings. The number of anilines is 1. The van der Waals surface area contributed by atoms with Gasteiger partial charge >= 0.3 is 5.97 Å². The van der Waals surface area contributed by atoms with E-state index >= 15 is 0 Å². The molecule has 1 aliphatic heterocycles. The van der Waals surface area contributed by atoms with Gasteiger partial charge in [0.25, 0.3) is 0 Å². The SMILES string of the molecule is CCC1CCN(c2cc(C(=O)O)nc3ccccc23)CC1. The first-order chi connectivity index (χ1) is 10.2. The maximum absolute atomic E-state index is 11.3. The highest BCUT2D eigenvalue weighted by atomic mass is 16.4. The van der Waals surface area contributed by atoms with Crippen LogP contribution >= 0.6 is 0 Å². The van der Waals surface area contributed by atoms with E-state index in [-0.39, 0.29) is 5.69 Å². The molecule has 3 rings (SSSR count). The van der Waals surface area contributed by atoms with Crippen LogP contribution in [0.1, 0.15) is 36.7 Å². The molecule has 1 aromatic carbocycles. The first-order valence-electron chi connectivity index (χ1n) is 7.57. The van der Waals surface area contributed by atoms with Gasteiger partial charge in [-0.15, -0.1) is 0 Å². The van der Waals surface area contributed by atoms with E-state index in [2.05, 4.69) is 16.8 Å². The topological polar surface area (TPSA) is 53.4 Å². The molecule has 4 heteroatoms. The second-order valence-corrected chi connectivity index (χ2v) is 5.69. The molecule has 110 valence electrons. The number of carboxylic acids is 1. The number of nitrogens with zero attached hydrogens (tertiary/aromatic N) is 2. The summed E-state index contributed by atoms with van der Waals surface area (Å²) in [5, 5.41) is 10.3. The van der Waals surface area contributed by atoms with Crippen LogP contribution in [0.2, 0.25) is 0 Å². The van der Waals surface area contributed by atoms with Crippen molar-refractivity contribution in [1.82, 2.24) is 4.98 Å². The zero-order valence-corrected chi connectivity index (χ0v) is 12.2. The van der Waals surface area contributed by atoms with Gasteiger partial charge in [0.1, 0.15) is 0 Å². The summed E-state index contributed by atoms with van der Waals surface area (Å²) >= 11 is 0. The Balaban J connectivity index is 2.02. The summed E-state index contributed by atoms with van der Waals surface area (Å²) in [6.45, 7) is 4.22. The molecule has 0 amide bonds. The van der Waals surface area contributed by atoms with Gasteiger partial charge in [0, 0.05) is 24.2 Å². The van der Waals surface area contributed by atoms with Crippen molar-refractivity contribution in [3.8, 4) is 0 Å². The molecule has 1 fully saturated rings. The number of rotatable bonds is 3. The van der Waals surface area contributed by atoms with Crippen LogP contribution in [-0.2, 0) is 0 Å². The van der Waals surface area contributed by atoms with Gasteiger partial charge in [0.2, 0.25) is 0 Å². The van der Waals surface area contributed by atoms with Crippen LogP contribution in [0.5, 0.6) is 0 Å². The number of fused-ring (bicyclic) bond motifs is 1. The third kappa shape index (κ3) is 2.71. The highest BCUT2D eigenvalue weighted by Crippen LogP contribution is 2.31. The molecule has 2 heterocycles. The number of aromatic carboxylic acids is 1. The summed E-state index contributed by atoms with van der Waals surface area (Å²) in [6.07, 6.45) is 3.58. The predicted octanol–water partition coefficient (Wildman–Crippen LogP) is 3.56. The fourth-order valence-corrected chi connectivity index (χ4v) is 3.11. The van der Waals surface area contributed by atoms with Crippen molar-refractivity contribution in [3.63, 3.8) is 0 Å². The lowest BCUT2D eigenvalue weighted by Crippen LogP contribution is -2.33. The minimum absolute atomic E-state index is 0.126. The summed E-state index contributed by atoms with van der Waals surface area (Å²) in [7, 11) is 0. The fourth-order valence-electron chi connectivity index (χ4n) is 3.11. The largest absolute Gasteiger partial charge is 0.477 e. The van der Waals surface area contributed by atoms with Crippen LogP contribution in [0, 0.1) is 5.92 Å². The van der Waals surface area contributed by atoms with E-state index < -0.39 is 5.97 Å². The minimum Gasteiger partial charge on any atom is -0.477 e. The van der Waals surface area contributed by atoms with Crippen LogP contribution in [0.25, 0.3) is 10.9 Å². The monoisotopic (exact) mass is 284 g/mol. The molecular weight excluding hydrogens is 264 g/mol. The third-order valence-electron chi connectivity index (χ3n) is 4.45. The van der Waals surface area contributed by atoms with Gasteiger partial charge < -0.3 is 10.0 Å². The maximum Gasteiger partial charge on any atom is 0.354 e. The van der Waals surface area contributed by atoms with Crippen LogP contribution in [-0.4, -0.2) is 29.1 Å². The third-order valence-corrected chi connectivity index (χ3v) is 4.45. The molecule has 0 unspecified atom stereocenters. The van der Waals surface area contributed by atoms with E-state index in [1.54, 1.807) is 6.07 Å². The molecule has 0 spiro atoms. The van der Waals surface area contributed by atoms with Crippen molar-refractivity contribution in [2.24, 2.45) is 5.92 Å². The van der Waals surface area contributed by atoms with E-state index in [9.17, 15) is 9.90 Å². The maximum atomic E-state index is 11.3. The molecule has 0 aliphatic carbocycles. The molecule has 1 N–H and O–H groups in total. The van der Waals surface area contributed by atoms with Crippen LogP contribution in [0.3, 0.4) is 0 Å². The van der Waals surface area contributed by atoms with Crippen molar-refractivity contribution in [2.45, 2.75) is 26.2 Å². The molecule has 0 saturated carbocycles. The van der Waals surface area contributed by atoms with E-state index in [1.807, 2.05) is 24.3 Å². The van der Waals surface area contributed by atoms with Crippen molar-refractivity contribution in [1.29, 1.82) is 0 Å². The van der Waals surface area contributed by atoms with Gasteiger partial charge in [-0.2, -0.15) is 0 Å². The Morgan fingerprint density at radius 3 is 2.71 bits per heavy atom. The molecule has 21 heavy (non-hydrogen) atoms. The average molecular weight is 284 g/mol. The molecule has 1 aromatic heterocycles. The van der Waals surface area contributed by atoms with Gasteiger partial charge in [-0.05, 0) is 30.9 Å². The summed E-state index contributed by atoms with van der Waals surface area (Å²) in [6, 6.07) is 9.50. The Kier molecular flexibility index (Phi) is 3.78. The predicted molar refractivity (Wildman–Crippen MR) is 83.9 cm³/mol. The number of hydrogen-bond acceptors (Lipinski definition) is 3. The van der Waals surface area contributed by atoms with Gasteiger partial charge in [0.05, 0.1) is 5.52 Å². The summed E-state index contributed by atoms with van der Waals surface area (Å²) in [5.74, 6) is -0.168. The number of hydrogen-bond donors (Lipinski definition) is 1. The van der Waals surface area contributed by atoms with Crippen molar-refractivity contribution in [2.75, 3.05) is 18.0 Å². The number of piperidine rings is 1. The van der Waals surface area contributed by atoms with Crippen LogP contribution in [0.15, 0.2) is 30.3 Å². The van der Waals surface area contributed by atoms with Gasteiger partial charge in [0.15, 0.2) is 5.69 Å². The Morgan fingerprint density at radius 2 is 2.05 bits per heavy atom. The summed E-state index contributed by atoms with van der Waals surface area (Å²) in [4.78, 5) is 17.8. The number of para-hydroxylation sites is 1. The quantitative estimate of drug-likeness (QED) is 0.936. The average Bonchev–Trinajstić information content (AvgIpc) is 2.54. The highest BCUT2D eigenvalue weighted by molar-refractivity contribution is 5.97. The Labute approximate surface area is 124 Å². The number of pyridine rings is 1. The Hall–Kier alpha value is -2.10. The second-order valence-electron chi connectivity index (χ2n) is 5.69. The highest BCUT2D eigenvalue weighted by Gasteiger charge is 2.21. The molecule has 4 nitrogen and oxygen atoms in total. The Bertz CT molecular complexity index is 661. The lowest BCUT2D eigenvalue weighted by atomic mass is 9.94. The minimum atomic E-state index is -0.967. The Morgan fingerprint density at radius 1 is 1.33 bits per heavy atom. The first kappa shape index (κ1) is 13.9. The molecular formula is C17H20N2O2. The van der Waals surface area contributed by atoms with Gasteiger partial charge in [-0.3, -0.25) is 0 Å². The number of aromatic nitrogens is 1. The second kappa shape index (κ2) is 5.72. The zero-order chi connectivity index (χ0) is 14.8. The lowest BCUT2D eigenvalue weighted by molar-refractivity contribution is 0.0691. The standard InChI is InChI=1S/C17H20N2O2/c1-2-12-7-9-19(10-8-12)16-11-15(17(20)21)18-14-6-4-3-5-13(14)16/h3-6,11-12H,2,7-10H2,1H3,(H,20,21). The van der Waals surface area contributed by atoms with Crippen LogP contribution < -0.4 is 4.90 Å². The fraction of sp³-hybridized carbons (Fsp3) is 0.412. The summed E-state index contributed by atoms with van der Waals surface area (Å²) in [5.41, 5.74) is 1.89. The van der Waals surface area contributed by atoms with Gasteiger partial charge in [-0.1, -0.05) is 31.5 Å². The number of benzene rings is 1. The molecule has 1 saturated heterocycles. The van der Waals surface area contributed by atoms with E-state index in [1.165, 1.54) is 19.3 Å². The van der Waals surface area contributed by atoms with Crippen LogP contribution in [0.4, 0.5) is 5.69 Å². The van der Waals surface area contributed by atoms with Gasteiger partial charge in [-0.25, -0.2) is 9.78 Å². The molecule has 2 aromatic rings. The molecule has 0 atom stereocenters. The van der Waals surface area contributed by atoms with Crippen molar-refractivity contribution >= 4 is 22.6 Å². The smallest absolute Gasteiger partial charge is 0.354 e. The zero-order valence-electron chi connectivity index (χ0n) is 12.2. The van der Waals surface area contributed by atoms with E-state index in [0.717, 1.165) is 35.6 Å². The first-order valence-corrected chi connectivity index (χ1v) is 7.57. The van der Waals surface area contributed by atoms with E-state index in [0.29, 0.717) is 0 Å². The molecule has 0 bridgehead atoms. The normalized spacial score (nSPS) is 16.3. The lowest BCUT2D eigenvalue weighted by Gasteiger charge is -2.34. The number of carboxylic acid groups (broad SMARTS) is 1.